The van der Waals surface area contributed by atoms with Crippen LogP contribution in [0.5, 0.6) is 0 Å². The summed E-state index contributed by atoms with van der Waals surface area (Å²) < 4.78 is 26.1. The molecule has 2 aromatic heterocycles. The fourth-order valence-electron chi connectivity index (χ4n) is 4.93. The van der Waals surface area contributed by atoms with Gasteiger partial charge in [-0.2, -0.15) is 4.98 Å². The topological polar surface area (TPSA) is 100 Å². The zero-order valence-electron chi connectivity index (χ0n) is 20.8. The average Bonchev–Trinajstić information content (AvgIpc) is 3.38. The summed E-state index contributed by atoms with van der Waals surface area (Å²) in [6.07, 6.45) is 6.42. The second-order valence-electron chi connectivity index (χ2n) is 9.26. The van der Waals surface area contributed by atoms with Gasteiger partial charge in [-0.25, -0.2) is 9.97 Å². The Kier molecular flexibility index (Phi) is 6.97. The largest absolute Gasteiger partial charge is 0.612 e. The standard InChI is InChI=1S/C27H30N6O3S/c1-37(34)22-7-3-2-6-21(22)24-25-26(33(18-28-25)23-8-4-5-15-36-23)31-27(30-24)29-19-9-11-20(12-10-19)32-13-16-35-17-14-32/h2-3,6-7,9-12,18,23H,4-5,8,13-17H2,1H3,(H,29,30,31). The number of imidazole rings is 1. The molecule has 0 bridgehead atoms. The lowest BCUT2D eigenvalue weighted by Crippen LogP contribution is -2.36. The van der Waals surface area contributed by atoms with Crippen molar-refractivity contribution < 1.29 is 14.0 Å². The molecule has 6 rings (SSSR count). The Labute approximate surface area is 219 Å². The highest BCUT2D eigenvalue weighted by Crippen LogP contribution is 2.34. The second kappa shape index (κ2) is 10.7. The van der Waals surface area contributed by atoms with E-state index in [0.717, 1.165) is 69.1 Å². The summed E-state index contributed by atoms with van der Waals surface area (Å²) in [6.45, 7) is 4.00. The molecule has 0 amide bonds. The monoisotopic (exact) mass is 518 g/mol. The van der Waals surface area contributed by atoms with E-state index in [4.69, 9.17) is 24.4 Å². The molecular formula is C27H30N6O3S. The number of nitrogens with one attached hydrogen (secondary N) is 1. The van der Waals surface area contributed by atoms with Crippen LogP contribution in [0.3, 0.4) is 0 Å². The van der Waals surface area contributed by atoms with E-state index in [0.29, 0.717) is 27.7 Å². The Bertz CT molecular complexity index is 1360. The predicted octanol–water partition coefficient (Wildman–Crippen LogP) is 4.51. The van der Waals surface area contributed by atoms with Crippen LogP contribution in [0.25, 0.3) is 22.4 Å². The molecule has 37 heavy (non-hydrogen) atoms. The zero-order chi connectivity index (χ0) is 25.2. The van der Waals surface area contributed by atoms with Crippen molar-refractivity contribution in [3.8, 4) is 11.3 Å². The zero-order valence-corrected chi connectivity index (χ0v) is 21.6. The van der Waals surface area contributed by atoms with E-state index in [1.165, 1.54) is 0 Å². The number of hydrogen-bond acceptors (Lipinski definition) is 8. The van der Waals surface area contributed by atoms with Crippen LogP contribution >= 0.6 is 0 Å². The number of morpholine rings is 1. The number of aromatic nitrogens is 4. The molecule has 2 atom stereocenters. The smallest absolute Gasteiger partial charge is 0.229 e. The first-order valence-corrected chi connectivity index (χ1v) is 14.2. The summed E-state index contributed by atoms with van der Waals surface area (Å²) in [7, 11) is 0. The number of benzene rings is 2. The number of fused-ring (bicyclic) bond motifs is 1. The molecule has 9 nitrogen and oxygen atoms in total. The quantitative estimate of drug-likeness (QED) is 0.372. The molecule has 2 saturated heterocycles. The molecule has 192 valence electrons. The van der Waals surface area contributed by atoms with Crippen LogP contribution in [0.15, 0.2) is 59.8 Å². The first kappa shape index (κ1) is 24.2. The molecule has 4 aromatic rings. The number of anilines is 3. The third-order valence-electron chi connectivity index (χ3n) is 6.84. The number of hydrogen-bond donors (Lipinski definition) is 1. The Morgan fingerprint density at radius 2 is 1.81 bits per heavy atom. The van der Waals surface area contributed by atoms with E-state index in [-0.39, 0.29) is 6.23 Å². The van der Waals surface area contributed by atoms with Crippen molar-refractivity contribution >= 4 is 39.7 Å². The molecule has 0 saturated carbocycles. The molecule has 4 heterocycles. The summed E-state index contributed by atoms with van der Waals surface area (Å²) in [6, 6.07) is 15.9. The Balaban J connectivity index is 1.40. The lowest BCUT2D eigenvalue weighted by Gasteiger charge is -2.28. The van der Waals surface area contributed by atoms with Crippen LogP contribution in [0, 0.1) is 0 Å². The van der Waals surface area contributed by atoms with Gasteiger partial charge in [0.05, 0.1) is 25.1 Å². The fourth-order valence-corrected chi connectivity index (χ4v) is 5.68. The van der Waals surface area contributed by atoms with Crippen molar-refractivity contribution in [2.45, 2.75) is 30.4 Å². The van der Waals surface area contributed by atoms with Crippen LogP contribution in [-0.2, 0) is 20.6 Å². The van der Waals surface area contributed by atoms with Gasteiger partial charge in [-0.05, 0) is 66.8 Å². The van der Waals surface area contributed by atoms with E-state index in [2.05, 4.69) is 22.3 Å². The van der Waals surface area contributed by atoms with Gasteiger partial charge >= 0.3 is 0 Å². The second-order valence-corrected chi connectivity index (χ2v) is 10.6. The van der Waals surface area contributed by atoms with Gasteiger partial charge in [-0.3, -0.25) is 4.57 Å². The van der Waals surface area contributed by atoms with Gasteiger partial charge in [-0.1, -0.05) is 12.1 Å². The molecule has 2 unspecified atom stereocenters. The van der Waals surface area contributed by atoms with E-state index in [1.807, 2.05) is 41.0 Å². The predicted molar refractivity (Wildman–Crippen MR) is 145 cm³/mol. The third-order valence-corrected chi connectivity index (χ3v) is 7.81. The van der Waals surface area contributed by atoms with Crippen molar-refractivity contribution in [3.05, 3.63) is 54.9 Å². The minimum atomic E-state index is -1.18. The molecule has 1 N–H and O–H groups in total. The number of rotatable bonds is 6. The van der Waals surface area contributed by atoms with Gasteiger partial charge in [0.2, 0.25) is 5.95 Å². The molecule has 0 radical (unpaired) electrons. The van der Waals surface area contributed by atoms with E-state index in [1.54, 1.807) is 12.6 Å². The van der Waals surface area contributed by atoms with E-state index in [9.17, 15) is 4.55 Å². The molecular weight excluding hydrogens is 488 g/mol. The SMILES string of the molecule is C[S+]([O-])c1ccccc1-c1nc(Nc2ccc(N3CCOCC3)cc2)nc2c1ncn2C1CCCCO1. The van der Waals surface area contributed by atoms with Gasteiger partial charge in [0.25, 0.3) is 0 Å². The highest BCUT2D eigenvalue weighted by Gasteiger charge is 2.24. The maximum atomic E-state index is 12.6. The van der Waals surface area contributed by atoms with Crippen molar-refractivity contribution in [2.75, 3.05) is 49.4 Å². The van der Waals surface area contributed by atoms with Crippen molar-refractivity contribution in [2.24, 2.45) is 0 Å². The summed E-state index contributed by atoms with van der Waals surface area (Å²) in [4.78, 5) is 17.5. The first-order chi connectivity index (χ1) is 18.2. The van der Waals surface area contributed by atoms with Gasteiger partial charge in [0.1, 0.15) is 23.7 Å². The maximum Gasteiger partial charge on any atom is 0.229 e. The summed E-state index contributed by atoms with van der Waals surface area (Å²) in [5, 5.41) is 3.38. The maximum absolute atomic E-state index is 12.6. The summed E-state index contributed by atoms with van der Waals surface area (Å²) >= 11 is -1.18. The molecule has 10 heteroatoms. The molecule has 0 spiro atoms. The molecule has 2 aliphatic rings. The highest BCUT2D eigenvalue weighted by molar-refractivity contribution is 7.90. The van der Waals surface area contributed by atoms with Gasteiger partial charge in [0, 0.05) is 31.1 Å². The van der Waals surface area contributed by atoms with Crippen LogP contribution in [0.1, 0.15) is 25.5 Å². The van der Waals surface area contributed by atoms with Gasteiger partial charge in [0.15, 0.2) is 10.5 Å². The fraction of sp³-hybridized carbons (Fsp3) is 0.370. The van der Waals surface area contributed by atoms with Crippen molar-refractivity contribution in [1.82, 2.24) is 19.5 Å². The van der Waals surface area contributed by atoms with Crippen molar-refractivity contribution in [1.29, 1.82) is 0 Å². The van der Waals surface area contributed by atoms with E-state index >= 15 is 0 Å². The lowest BCUT2D eigenvalue weighted by molar-refractivity contribution is -0.0298. The average molecular weight is 519 g/mol. The van der Waals surface area contributed by atoms with Crippen LogP contribution in [0.2, 0.25) is 0 Å². The molecule has 2 aliphatic heterocycles. The Morgan fingerprint density at radius 1 is 1.00 bits per heavy atom. The van der Waals surface area contributed by atoms with E-state index < -0.39 is 11.2 Å². The molecule has 2 fully saturated rings. The van der Waals surface area contributed by atoms with Crippen LogP contribution in [-0.4, -0.2) is 63.2 Å². The Hall–Kier alpha value is -3.18. The molecule has 0 aliphatic carbocycles. The van der Waals surface area contributed by atoms with Crippen LogP contribution in [0.4, 0.5) is 17.3 Å². The normalized spacial score (nSPS) is 19.2. The van der Waals surface area contributed by atoms with Gasteiger partial charge < -0.3 is 24.2 Å². The van der Waals surface area contributed by atoms with Gasteiger partial charge in [-0.15, -0.1) is 0 Å². The first-order valence-electron chi connectivity index (χ1n) is 12.7. The lowest BCUT2D eigenvalue weighted by atomic mass is 10.1. The molecule has 2 aromatic carbocycles. The summed E-state index contributed by atoms with van der Waals surface area (Å²) in [5.41, 5.74) is 4.85. The minimum absolute atomic E-state index is 0.113. The third kappa shape index (κ3) is 5.02. The Morgan fingerprint density at radius 3 is 2.57 bits per heavy atom. The highest BCUT2D eigenvalue weighted by atomic mass is 32.2. The number of ether oxygens (including phenoxy) is 2. The van der Waals surface area contributed by atoms with Crippen molar-refractivity contribution in [3.63, 3.8) is 0 Å². The summed E-state index contributed by atoms with van der Waals surface area (Å²) in [5.74, 6) is 0.455. The minimum Gasteiger partial charge on any atom is -0.612 e. The number of nitrogens with zero attached hydrogens (tertiary/aromatic N) is 5. The van der Waals surface area contributed by atoms with Crippen LogP contribution < -0.4 is 10.2 Å².